The molecule has 0 unspecified atom stereocenters. The number of aromatic nitrogens is 1. The molecule has 1 aliphatic heterocycles. The molecule has 0 aliphatic carbocycles. The summed E-state index contributed by atoms with van der Waals surface area (Å²) in [5.41, 5.74) is 1.47. The van der Waals surface area contributed by atoms with E-state index in [0.717, 1.165) is 5.56 Å². The third kappa shape index (κ3) is 3.36. The van der Waals surface area contributed by atoms with Crippen LogP contribution in [-0.4, -0.2) is 39.1 Å². The van der Waals surface area contributed by atoms with Crippen LogP contribution in [0.5, 0.6) is 0 Å². The van der Waals surface area contributed by atoms with E-state index in [0.29, 0.717) is 15.8 Å². The van der Waals surface area contributed by atoms with Gasteiger partial charge in [0.1, 0.15) is 0 Å². The lowest BCUT2D eigenvalue weighted by Crippen LogP contribution is -2.23. The van der Waals surface area contributed by atoms with Gasteiger partial charge in [-0.25, -0.2) is 9.79 Å². The van der Waals surface area contributed by atoms with Gasteiger partial charge in [0.15, 0.2) is 5.17 Å². The third-order valence-electron chi connectivity index (χ3n) is 3.30. The third-order valence-corrected chi connectivity index (χ3v) is 4.36. The molecule has 2 aromatic rings. The summed E-state index contributed by atoms with van der Waals surface area (Å²) in [6, 6.07) is 9.94. The van der Waals surface area contributed by atoms with Gasteiger partial charge in [0.05, 0.1) is 16.2 Å². The monoisotopic (exact) mass is 339 g/mol. The van der Waals surface area contributed by atoms with Gasteiger partial charge in [-0.1, -0.05) is 12.1 Å². The minimum Gasteiger partial charge on any atom is -0.478 e. The van der Waals surface area contributed by atoms with E-state index in [1.165, 1.54) is 28.8 Å². The number of carbonyl (C=O) groups is 2. The summed E-state index contributed by atoms with van der Waals surface area (Å²) in [5.74, 6) is -1.17. The molecule has 0 saturated carbocycles. The number of hydrogen-bond acceptors (Lipinski definition) is 5. The summed E-state index contributed by atoms with van der Waals surface area (Å²) in [6.07, 6.45) is 5.10. The second-order valence-corrected chi connectivity index (χ2v) is 6.02. The van der Waals surface area contributed by atoms with Crippen LogP contribution in [0.3, 0.4) is 0 Å². The van der Waals surface area contributed by atoms with Crippen molar-refractivity contribution in [3.05, 3.63) is 64.8 Å². The van der Waals surface area contributed by atoms with E-state index < -0.39 is 5.97 Å². The molecule has 120 valence electrons. The van der Waals surface area contributed by atoms with E-state index in [9.17, 15) is 9.59 Å². The molecule has 1 saturated heterocycles. The molecular weight excluding hydrogens is 326 g/mol. The normalized spacial score (nSPS) is 17.7. The van der Waals surface area contributed by atoms with Gasteiger partial charge in [0, 0.05) is 19.4 Å². The largest absolute Gasteiger partial charge is 0.478 e. The van der Waals surface area contributed by atoms with Gasteiger partial charge in [0.25, 0.3) is 5.91 Å². The summed E-state index contributed by atoms with van der Waals surface area (Å²) in [4.78, 5) is 33.7. The topological polar surface area (TPSA) is 82.9 Å². The molecule has 1 amide bonds. The van der Waals surface area contributed by atoms with Crippen LogP contribution in [-0.2, 0) is 4.79 Å². The number of pyridine rings is 1. The van der Waals surface area contributed by atoms with Crippen molar-refractivity contribution in [3.63, 3.8) is 0 Å². The number of carbonyl (C=O) groups excluding carboxylic acids is 1. The molecule has 1 fully saturated rings. The number of rotatable bonds is 3. The second kappa shape index (κ2) is 6.67. The van der Waals surface area contributed by atoms with Gasteiger partial charge in [-0.3, -0.25) is 14.7 Å². The number of benzene rings is 1. The van der Waals surface area contributed by atoms with E-state index >= 15 is 0 Å². The molecule has 6 nitrogen and oxygen atoms in total. The Hall–Kier alpha value is -2.93. The molecule has 1 N–H and O–H groups in total. The van der Waals surface area contributed by atoms with Crippen molar-refractivity contribution in [1.82, 2.24) is 9.88 Å². The molecule has 0 atom stereocenters. The zero-order chi connectivity index (χ0) is 17.1. The highest BCUT2D eigenvalue weighted by Crippen LogP contribution is 2.33. The van der Waals surface area contributed by atoms with E-state index in [-0.39, 0.29) is 11.5 Å². The number of aliphatic imine (C=N–C) groups is 1. The van der Waals surface area contributed by atoms with Crippen LogP contribution in [0.15, 0.2) is 58.7 Å². The number of carboxylic acids is 1. The fourth-order valence-corrected chi connectivity index (χ4v) is 3.07. The first-order chi connectivity index (χ1) is 11.5. The second-order valence-electron chi connectivity index (χ2n) is 5.01. The minimum atomic E-state index is -1.02. The Morgan fingerprint density at radius 1 is 1.33 bits per heavy atom. The van der Waals surface area contributed by atoms with Gasteiger partial charge >= 0.3 is 5.97 Å². The number of amidine groups is 1. The Balaban J connectivity index is 1.90. The first-order valence-corrected chi connectivity index (χ1v) is 7.86. The Morgan fingerprint density at radius 3 is 2.88 bits per heavy atom. The predicted molar refractivity (Wildman–Crippen MR) is 93.1 cm³/mol. The van der Waals surface area contributed by atoms with E-state index in [1.54, 1.807) is 43.7 Å². The summed E-state index contributed by atoms with van der Waals surface area (Å²) in [5, 5.41) is 9.53. The van der Waals surface area contributed by atoms with Crippen LogP contribution in [0.4, 0.5) is 5.69 Å². The molecule has 1 aromatic carbocycles. The SMILES string of the molecule is CN1C(=O)C(=Cc2cccnc2)SC1=Nc1cccc(C(=O)O)c1. The Labute approximate surface area is 142 Å². The molecule has 2 heterocycles. The summed E-state index contributed by atoms with van der Waals surface area (Å²) in [6.45, 7) is 0. The van der Waals surface area contributed by atoms with Crippen molar-refractivity contribution in [2.75, 3.05) is 7.05 Å². The number of amides is 1. The van der Waals surface area contributed by atoms with Gasteiger partial charge in [-0.15, -0.1) is 0 Å². The fraction of sp³-hybridized carbons (Fsp3) is 0.0588. The highest BCUT2D eigenvalue weighted by atomic mass is 32.2. The van der Waals surface area contributed by atoms with Gasteiger partial charge in [-0.2, -0.15) is 0 Å². The van der Waals surface area contributed by atoms with Crippen LogP contribution in [0.2, 0.25) is 0 Å². The maximum absolute atomic E-state index is 12.3. The number of hydrogen-bond donors (Lipinski definition) is 1. The summed E-state index contributed by atoms with van der Waals surface area (Å²) in [7, 11) is 1.64. The first kappa shape index (κ1) is 15.9. The van der Waals surface area contributed by atoms with Crippen molar-refractivity contribution in [2.45, 2.75) is 0 Å². The summed E-state index contributed by atoms with van der Waals surface area (Å²) >= 11 is 1.24. The number of nitrogens with zero attached hydrogens (tertiary/aromatic N) is 3. The number of aromatic carboxylic acids is 1. The molecule has 0 bridgehead atoms. The quantitative estimate of drug-likeness (QED) is 0.869. The van der Waals surface area contributed by atoms with Gasteiger partial charge in [-0.05, 0) is 47.7 Å². The van der Waals surface area contributed by atoms with Crippen molar-refractivity contribution >= 4 is 40.6 Å². The average Bonchev–Trinajstić information content (AvgIpc) is 2.84. The summed E-state index contributed by atoms with van der Waals surface area (Å²) < 4.78 is 0. The maximum Gasteiger partial charge on any atom is 0.335 e. The predicted octanol–water partition coefficient (Wildman–Crippen LogP) is 3.01. The smallest absolute Gasteiger partial charge is 0.335 e. The van der Waals surface area contributed by atoms with E-state index in [2.05, 4.69) is 9.98 Å². The van der Waals surface area contributed by atoms with Crippen LogP contribution >= 0.6 is 11.8 Å². The van der Waals surface area contributed by atoms with Crippen LogP contribution in [0, 0.1) is 0 Å². The molecule has 7 heteroatoms. The van der Waals surface area contributed by atoms with Crippen molar-refractivity contribution in [3.8, 4) is 0 Å². The lowest BCUT2D eigenvalue weighted by atomic mass is 10.2. The molecule has 0 radical (unpaired) electrons. The van der Waals surface area contributed by atoms with Crippen LogP contribution < -0.4 is 0 Å². The maximum atomic E-state index is 12.3. The Kier molecular flexibility index (Phi) is 4.43. The standard InChI is InChI=1S/C17H13N3O3S/c1-20-15(21)14(8-11-4-3-7-18-10-11)24-17(20)19-13-6-2-5-12(9-13)16(22)23/h2-10H,1H3,(H,22,23). The zero-order valence-electron chi connectivity index (χ0n) is 12.7. The number of thioether (sulfide) groups is 1. The van der Waals surface area contributed by atoms with Crippen molar-refractivity contribution < 1.29 is 14.7 Å². The molecule has 3 rings (SSSR count). The fourth-order valence-electron chi connectivity index (χ4n) is 2.08. The molecule has 24 heavy (non-hydrogen) atoms. The Morgan fingerprint density at radius 2 is 2.17 bits per heavy atom. The van der Waals surface area contributed by atoms with E-state index in [4.69, 9.17) is 5.11 Å². The molecule has 1 aliphatic rings. The lowest BCUT2D eigenvalue weighted by Gasteiger charge is -2.07. The lowest BCUT2D eigenvalue weighted by molar-refractivity contribution is -0.121. The number of carboxylic acid groups (broad SMARTS) is 1. The van der Waals surface area contributed by atoms with Crippen molar-refractivity contribution in [2.24, 2.45) is 4.99 Å². The van der Waals surface area contributed by atoms with Gasteiger partial charge in [0.2, 0.25) is 0 Å². The molecule has 0 spiro atoms. The first-order valence-electron chi connectivity index (χ1n) is 7.04. The van der Waals surface area contributed by atoms with E-state index in [1.807, 2.05) is 6.07 Å². The molecular formula is C17H13N3O3S. The van der Waals surface area contributed by atoms with Crippen LogP contribution in [0.25, 0.3) is 6.08 Å². The molecule has 1 aromatic heterocycles. The Bertz CT molecular complexity index is 862. The number of likely N-dealkylation sites (N-methyl/N-ethyl adjacent to an activating group) is 1. The highest BCUT2D eigenvalue weighted by molar-refractivity contribution is 8.18. The van der Waals surface area contributed by atoms with Crippen LogP contribution in [0.1, 0.15) is 15.9 Å². The zero-order valence-corrected chi connectivity index (χ0v) is 13.5. The average molecular weight is 339 g/mol. The van der Waals surface area contributed by atoms with Crippen molar-refractivity contribution in [1.29, 1.82) is 0 Å². The minimum absolute atomic E-state index is 0.153. The van der Waals surface area contributed by atoms with Gasteiger partial charge < -0.3 is 5.11 Å². The highest BCUT2D eigenvalue weighted by Gasteiger charge is 2.30.